The number of aliphatic imine (C=N–C) groups is 1. The summed E-state index contributed by atoms with van der Waals surface area (Å²) < 4.78 is 0. The van der Waals surface area contributed by atoms with Crippen LogP contribution in [0.15, 0.2) is 4.99 Å². The highest BCUT2D eigenvalue weighted by Gasteiger charge is 2.11. The number of nitrogens with one attached hydrogen (secondary N) is 2. The van der Waals surface area contributed by atoms with E-state index < -0.39 is 0 Å². The van der Waals surface area contributed by atoms with Crippen LogP contribution in [0, 0.1) is 0 Å². The maximum absolute atomic E-state index is 4.62. The molecule has 0 aromatic heterocycles. The molecule has 0 bridgehead atoms. The predicted molar refractivity (Wildman–Crippen MR) is 85.9 cm³/mol. The summed E-state index contributed by atoms with van der Waals surface area (Å²) in [5.74, 6) is 0.923. The monoisotopic (exact) mass is 270 g/mol. The number of nitrogens with zero attached hydrogens (tertiary/aromatic N) is 2. The van der Waals surface area contributed by atoms with Gasteiger partial charge in [0.1, 0.15) is 0 Å². The molecule has 0 heterocycles. The van der Waals surface area contributed by atoms with Crippen molar-refractivity contribution in [2.24, 2.45) is 4.99 Å². The Morgan fingerprint density at radius 1 is 1.21 bits per heavy atom. The van der Waals surface area contributed by atoms with Crippen LogP contribution in [0.1, 0.15) is 54.4 Å². The van der Waals surface area contributed by atoms with Crippen LogP contribution >= 0.6 is 0 Å². The fourth-order valence-corrected chi connectivity index (χ4v) is 1.58. The van der Waals surface area contributed by atoms with Gasteiger partial charge in [-0.1, -0.05) is 0 Å². The first-order valence-corrected chi connectivity index (χ1v) is 7.53. The van der Waals surface area contributed by atoms with E-state index in [0.29, 0.717) is 6.04 Å². The minimum Gasteiger partial charge on any atom is -0.357 e. The van der Waals surface area contributed by atoms with Crippen molar-refractivity contribution in [1.29, 1.82) is 0 Å². The Hall–Kier alpha value is -0.770. The van der Waals surface area contributed by atoms with Gasteiger partial charge < -0.3 is 15.5 Å². The first kappa shape index (κ1) is 18.2. The highest BCUT2D eigenvalue weighted by atomic mass is 15.2. The molecule has 19 heavy (non-hydrogen) atoms. The third kappa shape index (κ3) is 10.8. The van der Waals surface area contributed by atoms with Crippen molar-refractivity contribution in [2.45, 2.75) is 66.0 Å². The largest absolute Gasteiger partial charge is 0.357 e. The average molecular weight is 270 g/mol. The molecule has 0 amide bonds. The molecule has 0 fully saturated rings. The average Bonchev–Trinajstić information content (AvgIpc) is 2.26. The van der Waals surface area contributed by atoms with Crippen LogP contribution in [0.4, 0.5) is 0 Å². The lowest BCUT2D eigenvalue weighted by Crippen LogP contribution is -2.47. The topological polar surface area (TPSA) is 39.7 Å². The molecule has 0 radical (unpaired) electrons. The summed E-state index contributed by atoms with van der Waals surface area (Å²) in [4.78, 5) is 6.99. The van der Waals surface area contributed by atoms with Crippen molar-refractivity contribution in [3.8, 4) is 0 Å². The normalized spacial score (nSPS) is 13.2. The molecular weight excluding hydrogens is 236 g/mol. The molecule has 0 saturated heterocycles. The molecular formula is C15H34N4. The molecule has 0 aliphatic rings. The molecule has 4 heteroatoms. The molecule has 0 saturated carbocycles. The summed E-state index contributed by atoms with van der Waals surface area (Å²) in [7, 11) is 2.18. The Labute approximate surface area is 120 Å². The summed E-state index contributed by atoms with van der Waals surface area (Å²) in [6, 6.07) is 0.628. The molecule has 0 aliphatic carbocycles. The highest BCUT2D eigenvalue weighted by molar-refractivity contribution is 5.80. The van der Waals surface area contributed by atoms with Crippen LogP contribution in [0.2, 0.25) is 0 Å². The third-order valence-corrected chi connectivity index (χ3v) is 2.91. The van der Waals surface area contributed by atoms with Crippen molar-refractivity contribution in [2.75, 3.05) is 26.7 Å². The van der Waals surface area contributed by atoms with Gasteiger partial charge >= 0.3 is 0 Å². The van der Waals surface area contributed by atoms with Crippen LogP contribution in [0.25, 0.3) is 0 Å². The van der Waals surface area contributed by atoms with Gasteiger partial charge in [0, 0.05) is 24.7 Å². The Balaban J connectivity index is 3.98. The predicted octanol–water partition coefficient (Wildman–Crippen LogP) is 2.46. The first-order chi connectivity index (χ1) is 8.76. The molecule has 0 aromatic rings. The van der Waals surface area contributed by atoms with Gasteiger partial charge in [-0.3, -0.25) is 4.99 Å². The fourth-order valence-electron chi connectivity index (χ4n) is 1.58. The van der Waals surface area contributed by atoms with Crippen molar-refractivity contribution >= 4 is 5.96 Å². The number of hydrogen-bond acceptors (Lipinski definition) is 2. The summed E-state index contributed by atoms with van der Waals surface area (Å²) in [6.45, 7) is 15.9. The second kappa shape index (κ2) is 9.18. The number of hydrogen-bond donors (Lipinski definition) is 2. The van der Waals surface area contributed by atoms with Crippen LogP contribution in [0.3, 0.4) is 0 Å². The van der Waals surface area contributed by atoms with Crippen molar-refractivity contribution < 1.29 is 0 Å². The van der Waals surface area contributed by atoms with E-state index in [1.54, 1.807) is 0 Å². The lowest BCUT2D eigenvalue weighted by atomic mass is 10.1. The molecule has 114 valence electrons. The number of rotatable bonds is 7. The summed E-state index contributed by atoms with van der Waals surface area (Å²) in [5.41, 5.74) is 0.0544. The quantitative estimate of drug-likeness (QED) is 0.424. The van der Waals surface area contributed by atoms with Crippen molar-refractivity contribution in [1.82, 2.24) is 15.5 Å². The number of unbranched alkanes of at least 4 members (excludes halogenated alkanes) is 1. The van der Waals surface area contributed by atoms with E-state index in [1.807, 2.05) is 0 Å². The molecule has 0 unspecified atom stereocenters. The molecule has 0 aliphatic heterocycles. The van der Waals surface area contributed by atoms with Gasteiger partial charge in [-0.2, -0.15) is 0 Å². The van der Waals surface area contributed by atoms with E-state index in [2.05, 4.69) is 69.1 Å². The Morgan fingerprint density at radius 3 is 2.32 bits per heavy atom. The Morgan fingerprint density at radius 2 is 1.84 bits per heavy atom. The molecule has 0 atom stereocenters. The lowest BCUT2D eigenvalue weighted by molar-refractivity contribution is 0.269. The zero-order chi connectivity index (χ0) is 14.9. The molecule has 0 rings (SSSR count). The Kier molecular flexibility index (Phi) is 8.81. The molecule has 0 aromatic carbocycles. The van der Waals surface area contributed by atoms with Crippen LogP contribution in [-0.4, -0.2) is 49.1 Å². The Bertz CT molecular complexity index is 253. The van der Waals surface area contributed by atoms with E-state index in [4.69, 9.17) is 0 Å². The van der Waals surface area contributed by atoms with E-state index >= 15 is 0 Å². The smallest absolute Gasteiger partial charge is 0.191 e. The van der Waals surface area contributed by atoms with Crippen LogP contribution < -0.4 is 10.6 Å². The summed E-state index contributed by atoms with van der Waals surface area (Å²) in [5, 5.41) is 6.69. The van der Waals surface area contributed by atoms with Gasteiger partial charge in [0.05, 0.1) is 0 Å². The summed E-state index contributed by atoms with van der Waals surface area (Å²) >= 11 is 0. The molecule has 0 spiro atoms. The van der Waals surface area contributed by atoms with Gasteiger partial charge in [0.15, 0.2) is 5.96 Å². The maximum Gasteiger partial charge on any atom is 0.191 e. The van der Waals surface area contributed by atoms with E-state index in [-0.39, 0.29) is 5.54 Å². The van der Waals surface area contributed by atoms with Gasteiger partial charge in [-0.25, -0.2) is 0 Å². The van der Waals surface area contributed by atoms with E-state index in [9.17, 15) is 0 Å². The van der Waals surface area contributed by atoms with Gasteiger partial charge in [0.2, 0.25) is 0 Å². The van der Waals surface area contributed by atoms with Crippen molar-refractivity contribution in [3.05, 3.63) is 0 Å². The van der Waals surface area contributed by atoms with Crippen molar-refractivity contribution in [3.63, 3.8) is 0 Å². The SMILES string of the molecule is CCNC(=NCCCCN(C)C(C)C)NC(C)(C)C. The zero-order valence-corrected chi connectivity index (χ0v) is 14.0. The zero-order valence-electron chi connectivity index (χ0n) is 14.0. The second-order valence-electron chi connectivity index (χ2n) is 6.42. The minimum atomic E-state index is 0.0544. The highest BCUT2D eigenvalue weighted by Crippen LogP contribution is 2.00. The standard InChI is InChI=1S/C15H34N4/c1-8-16-14(18-15(4,5)6)17-11-9-10-12-19(7)13(2)3/h13H,8-12H2,1-7H3,(H2,16,17,18). The second-order valence-corrected chi connectivity index (χ2v) is 6.42. The van der Waals surface area contributed by atoms with Crippen LogP contribution in [-0.2, 0) is 0 Å². The number of guanidine groups is 1. The van der Waals surface area contributed by atoms with Gasteiger partial charge in [0.25, 0.3) is 0 Å². The van der Waals surface area contributed by atoms with Crippen LogP contribution in [0.5, 0.6) is 0 Å². The summed E-state index contributed by atoms with van der Waals surface area (Å²) in [6.07, 6.45) is 2.34. The van der Waals surface area contributed by atoms with Gasteiger partial charge in [-0.15, -0.1) is 0 Å². The van der Waals surface area contributed by atoms with Gasteiger partial charge in [-0.05, 0) is 68.0 Å². The lowest BCUT2D eigenvalue weighted by Gasteiger charge is -2.24. The molecule has 4 nitrogen and oxygen atoms in total. The minimum absolute atomic E-state index is 0.0544. The van der Waals surface area contributed by atoms with E-state index in [1.165, 1.54) is 6.42 Å². The first-order valence-electron chi connectivity index (χ1n) is 7.53. The maximum atomic E-state index is 4.62. The molecule has 2 N–H and O–H groups in total. The third-order valence-electron chi connectivity index (χ3n) is 2.91. The van der Waals surface area contributed by atoms with E-state index in [0.717, 1.165) is 32.0 Å². The fraction of sp³-hybridized carbons (Fsp3) is 0.933.